The van der Waals surface area contributed by atoms with Crippen molar-refractivity contribution < 1.29 is 29.0 Å². The Morgan fingerprint density at radius 2 is 1.56 bits per heavy atom. The summed E-state index contributed by atoms with van der Waals surface area (Å²) in [5.74, 6) is -4.87. The molecule has 12 heteroatoms. The zero-order chi connectivity index (χ0) is 25.7. The number of carbonyl (C=O) groups is 4. The zero-order valence-electron chi connectivity index (χ0n) is 18.6. The Balaban J connectivity index is 1.54. The number of allylic oxidation sites excluding steroid dienone is 2. The molecule has 12 nitrogen and oxygen atoms in total. The summed E-state index contributed by atoms with van der Waals surface area (Å²) < 4.78 is 0. The standard InChI is InChI=1S/C24H18N4O8/c29-19(13-4-3-5-16(11-13)27(33)34)12-25(22(30)17-6-1-2-7-18(17)28(35)36)26-23(31)20-14-8-9-15(10-14)21(20)24(26)32/h1-9,11,14-15,20-21H,10,12H2/t14-,15-,20+,21+/m0/s1. The van der Waals surface area contributed by atoms with Crippen LogP contribution < -0.4 is 0 Å². The summed E-state index contributed by atoms with van der Waals surface area (Å²) >= 11 is 0. The van der Waals surface area contributed by atoms with Gasteiger partial charge in [-0.3, -0.25) is 39.4 Å². The topological polar surface area (TPSA) is 161 Å². The van der Waals surface area contributed by atoms with Crippen molar-refractivity contribution in [3.8, 4) is 0 Å². The van der Waals surface area contributed by atoms with E-state index in [0.29, 0.717) is 16.4 Å². The van der Waals surface area contributed by atoms with Crippen LogP contribution >= 0.6 is 0 Å². The van der Waals surface area contributed by atoms with Crippen LogP contribution in [0.3, 0.4) is 0 Å². The third-order valence-corrected chi connectivity index (χ3v) is 6.93. The smallest absolute Gasteiger partial charge is 0.282 e. The molecule has 182 valence electrons. The van der Waals surface area contributed by atoms with Crippen LogP contribution in [-0.2, 0) is 9.59 Å². The van der Waals surface area contributed by atoms with E-state index in [2.05, 4.69) is 0 Å². The van der Waals surface area contributed by atoms with E-state index in [1.807, 2.05) is 12.2 Å². The van der Waals surface area contributed by atoms with Gasteiger partial charge in [-0.15, -0.1) is 0 Å². The zero-order valence-corrected chi connectivity index (χ0v) is 18.6. The summed E-state index contributed by atoms with van der Waals surface area (Å²) in [6.07, 6.45) is 4.37. The van der Waals surface area contributed by atoms with Crippen molar-refractivity contribution >= 4 is 34.9 Å². The first kappa shape index (κ1) is 23.0. The first-order valence-corrected chi connectivity index (χ1v) is 11.1. The summed E-state index contributed by atoms with van der Waals surface area (Å²) in [5, 5.41) is 23.9. The number of benzene rings is 2. The largest absolute Gasteiger partial charge is 0.292 e. The number of imide groups is 1. The van der Waals surface area contributed by atoms with Gasteiger partial charge >= 0.3 is 0 Å². The fourth-order valence-corrected chi connectivity index (χ4v) is 5.33. The van der Waals surface area contributed by atoms with E-state index >= 15 is 0 Å². The van der Waals surface area contributed by atoms with Gasteiger partial charge in [0.1, 0.15) is 12.1 Å². The summed E-state index contributed by atoms with van der Waals surface area (Å²) in [4.78, 5) is 74.7. The highest BCUT2D eigenvalue weighted by Crippen LogP contribution is 2.52. The lowest BCUT2D eigenvalue weighted by molar-refractivity contribution is -0.385. The molecule has 1 aliphatic heterocycles. The van der Waals surface area contributed by atoms with Crippen LogP contribution in [0.4, 0.5) is 11.4 Å². The van der Waals surface area contributed by atoms with Crippen LogP contribution in [0.15, 0.2) is 60.7 Å². The molecule has 2 aromatic carbocycles. The minimum absolute atomic E-state index is 0.120. The summed E-state index contributed by atoms with van der Waals surface area (Å²) in [7, 11) is 0. The predicted molar refractivity (Wildman–Crippen MR) is 121 cm³/mol. The van der Waals surface area contributed by atoms with Crippen LogP contribution in [-0.4, -0.2) is 49.9 Å². The van der Waals surface area contributed by atoms with E-state index in [1.165, 1.54) is 36.4 Å². The molecule has 0 N–H and O–H groups in total. The molecule has 0 unspecified atom stereocenters. The molecule has 0 radical (unpaired) electrons. The lowest BCUT2D eigenvalue weighted by atomic mass is 9.85. The molecule has 0 spiro atoms. The van der Waals surface area contributed by atoms with Crippen molar-refractivity contribution in [2.45, 2.75) is 6.42 Å². The molecule has 2 aromatic rings. The van der Waals surface area contributed by atoms with E-state index in [-0.39, 0.29) is 23.1 Å². The van der Waals surface area contributed by atoms with E-state index in [9.17, 15) is 39.4 Å². The Hall–Kier alpha value is -4.74. The van der Waals surface area contributed by atoms with Crippen molar-refractivity contribution in [1.29, 1.82) is 0 Å². The minimum Gasteiger partial charge on any atom is -0.292 e. The maximum atomic E-state index is 13.6. The van der Waals surface area contributed by atoms with Crippen molar-refractivity contribution in [3.63, 3.8) is 0 Å². The predicted octanol–water partition coefficient (Wildman–Crippen LogP) is 2.55. The van der Waals surface area contributed by atoms with Gasteiger partial charge in [0.25, 0.3) is 29.1 Å². The number of nitrogens with zero attached hydrogens (tertiary/aromatic N) is 4. The Kier molecular flexibility index (Phi) is 5.43. The van der Waals surface area contributed by atoms with Gasteiger partial charge in [-0.1, -0.05) is 36.4 Å². The second-order valence-electron chi connectivity index (χ2n) is 8.86. The van der Waals surface area contributed by atoms with Gasteiger partial charge in [-0.2, -0.15) is 5.01 Å². The highest BCUT2D eigenvalue weighted by molar-refractivity contribution is 6.11. The number of fused-ring (bicyclic) bond motifs is 5. The van der Waals surface area contributed by atoms with Gasteiger partial charge < -0.3 is 0 Å². The van der Waals surface area contributed by atoms with Crippen LogP contribution in [0.25, 0.3) is 0 Å². The molecule has 5 rings (SSSR count). The first-order chi connectivity index (χ1) is 17.2. The summed E-state index contributed by atoms with van der Waals surface area (Å²) in [5.41, 5.74) is -1.45. The van der Waals surface area contributed by atoms with Gasteiger partial charge in [-0.05, 0) is 24.3 Å². The molecule has 1 saturated heterocycles. The number of nitro groups is 2. The van der Waals surface area contributed by atoms with Gasteiger partial charge in [0, 0.05) is 23.8 Å². The average Bonchev–Trinajstić information content (AvgIpc) is 3.56. The summed E-state index contributed by atoms with van der Waals surface area (Å²) in [6.45, 7) is -0.828. The number of carbonyl (C=O) groups excluding carboxylic acids is 4. The van der Waals surface area contributed by atoms with E-state index < -0.39 is 63.0 Å². The monoisotopic (exact) mass is 490 g/mol. The van der Waals surface area contributed by atoms with Crippen LogP contribution in [0.2, 0.25) is 0 Å². The first-order valence-electron chi connectivity index (χ1n) is 11.1. The maximum Gasteiger partial charge on any atom is 0.282 e. The molecule has 2 aliphatic carbocycles. The molecule has 3 aliphatic rings. The van der Waals surface area contributed by atoms with Crippen molar-refractivity contribution in [2.75, 3.05) is 6.54 Å². The maximum absolute atomic E-state index is 13.6. The Morgan fingerprint density at radius 3 is 2.17 bits per heavy atom. The van der Waals surface area contributed by atoms with Gasteiger partial charge in [-0.25, -0.2) is 5.01 Å². The molecule has 1 saturated carbocycles. The van der Waals surface area contributed by atoms with Crippen molar-refractivity contribution in [3.05, 3.63) is 92.0 Å². The molecular weight excluding hydrogens is 472 g/mol. The Morgan fingerprint density at radius 1 is 0.917 bits per heavy atom. The molecule has 3 amide bonds. The number of hydrazine groups is 1. The summed E-state index contributed by atoms with van der Waals surface area (Å²) in [6, 6.07) is 9.80. The SMILES string of the molecule is O=C(CN(C(=O)c1ccccc1[N+](=O)[O-])N1C(=O)[C@H]2[C@H](C1=O)[C@H]1C=C[C@H]2C1)c1cccc([N+](=O)[O-])c1. The number of para-hydroxylation sites is 1. The molecule has 0 aromatic heterocycles. The lowest BCUT2D eigenvalue weighted by Gasteiger charge is -2.30. The highest BCUT2D eigenvalue weighted by atomic mass is 16.6. The van der Waals surface area contributed by atoms with Gasteiger partial charge in [0.05, 0.1) is 21.7 Å². The average molecular weight is 490 g/mol. The van der Waals surface area contributed by atoms with Crippen molar-refractivity contribution in [1.82, 2.24) is 10.0 Å². The second-order valence-corrected chi connectivity index (χ2v) is 8.86. The molecule has 2 bridgehead atoms. The van der Waals surface area contributed by atoms with E-state index in [1.54, 1.807) is 0 Å². The number of hydrogen-bond donors (Lipinski definition) is 0. The van der Waals surface area contributed by atoms with Gasteiger partial charge in [0.15, 0.2) is 5.78 Å². The van der Waals surface area contributed by atoms with E-state index in [4.69, 9.17) is 0 Å². The molecule has 36 heavy (non-hydrogen) atoms. The number of non-ortho nitro benzene ring substituents is 1. The number of rotatable bonds is 7. The third kappa shape index (κ3) is 3.54. The quantitative estimate of drug-likeness (QED) is 0.188. The van der Waals surface area contributed by atoms with Gasteiger partial charge in [0.2, 0.25) is 0 Å². The minimum atomic E-state index is -1.08. The third-order valence-electron chi connectivity index (χ3n) is 6.93. The second kappa shape index (κ2) is 8.48. The van der Waals surface area contributed by atoms with Crippen molar-refractivity contribution in [2.24, 2.45) is 23.7 Å². The lowest BCUT2D eigenvalue weighted by Crippen LogP contribution is -2.52. The highest BCUT2D eigenvalue weighted by Gasteiger charge is 2.61. The number of ketones is 1. The number of amides is 3. The number of hydrogen-bond acceptors (Lipinski definition) is 8. The molecule has 4 atom stereocenters. The molecular formula is C24H18N4O8. The normalized spacial score (nSPS) is 23.6. The number of nitro benzene ring substituents is 2. The van der Waals surface area contributed by atoms with Crippen LogP contribution in [0.5, 0.6) is 0 Å². The fraction of sp³-hybridized carbons (Fsp3) is 0.250. The van der Waals surface area contributed by atoms with Crippen LogP contribution in [0, 0.1) is 43.9 Å². The molecule has 1 heterocycles. The Labute approximate surface area is 203 Å². The number of Topliss-reactive ketones (excluding diaryl/α,β-unsaturated/α-hetero) is 1. The Bertz CT molecular complexity index is 1360. The van der Waals surface area contributed by atoms with E-state index in [0.717, 1.165) is 12.1 Å². The fourth-order valence-electron chi connectivity index (χ4n) is 5.33. The van der Waals surface area contributed by atoms with Crippen LogP contribution in [0.1, 0.15) is 27.1 Å². The molecule has 2 fully saturated rings.